The summed E-state index contributed by atoms with van der Waals surface area (Å²) >= 11 is 1.65. The maximum absolute atomic E-state index is 10.5. The van der Waals surface area contributed by atoms with Gasteiger partial charge in [-0.15, -0.1) is 21.5 Å². The van der Waals surface area contributed by atoms with Crippen molar-refractivity contribution >= 4 is 17.3 Å². The maximum atomic E-state index is 10.5. The Kier molecular flexibility index (Phi) is 2.77. The third-order valence-corrected chi connectivity index (χ3v) is 2.75. The van der Waals surface area contributed by atoms with E-state index in [4.69, 9.17) is 9.52 Å². The second kappa shape index (κ2) is 4.22. The molecule has 2 aromatic heterocycles. The second-order valence-corrected chi connectivity index (χ2v) is 3.92. The molecular formula is C9H8N2O3S. The summed E-state index contributed by atoms with van der Waals surface area (Å²) in [5.41, 5.74) is 0. The van der Waals surface area contributed by atoms with Crippen LogP contribution in [-0.4, -0.2) is 21.3 Å². The lowest BCUT2D eigenvalue weighted by molar-refractivity contribution is 0.0651. The molecule has 15 heavy (non-hydrogen) atoms. The van der Waals surface area contributed by atoms with E-state index in [0.717, 1.165) is 6.42 Å². The molecule has 2 heterocycles. The molecule has 6 heteroatoms. The number of carbonyl (C=O) groups is 1. The van der Waals surface area contributed by atoms with E-state index < -0.39 is 5.97 Å². The van der Waals surface area contributed by atoms with Crippen LogP contribution < -0.4 is 0 Å². The topological polar surface area (TPSA) is 76.2 Å². The van der Waals surface area contributed by atoms with Crippen molar-refractivity contribution in [1.29, 1.82) is 0 Å². The molecule has 78 valence electrons. The van der Waals surface area contributed by atoms with Crippen LogP contribution in [-0.2, 0) is 12.8 Å². The Morgan fingerprint density at radius 3 is 2.93 bits per heavy atom. The first kappa shape index (κ1) is 9.85. The van der Waals surface area contributed by atoms with E-state index in [1.807, 2.05) is 17.5 Å². The van der Waals surface area contributed by atoms with Gasteiger partial charge in [0, 0.05) is 11.3 Å². The van der Waals surface area contributed by atoms with Crippen LogP contribution in [0.5, 0.6) is 0 Å². The van der Waals surface area contributed by atoms with Gasteiger partial charge in [-0.05, 0) is 17.9 Å². The van der Waals surface area contributed by atoms with Crippen molar-refractivity contribution in [3.63, 3.8) is 0 Å². The number of hydrogen-bond acceptors (Lipinski definition) is 5. The third-order valence-electron chi connectivity index (χ3n) is 1.82. The van der Waals surface area contributed by atoms with Crippen molar-refractivity contribution in [2.75, 3.05) is 0 Å². The number of aryl methyl sites for hydroxylation is 2. The molecular weight excluding hydrogens is 216 g/mol. The lowest BCUT2D eigenvalue weighted by atomic mass is 10.3. The fraction of sp³-hybridized carbons (Fsp3) is 0.222. The highest BCUT2D eigenvalue weighted by molar-refractivity contribution is 7.09. The molecule has 1 N–H and O–H groups in total. The SMILES string of the molecule is O=C(O)c1nnc(CCc2cccs2)o1. The van der Waals surface area contributed by atoms with Gasteiger partial charge in [0.05, 0.1) is 0 Å². The predicted molar refractivity (Wildman–Crippen MR) is 53.0 cm³/mol. The molecule has 0 aromatic carbocycles. The van der Waals surface area contributed by atoms with E-state index in [-0.39, 0.29) is 5.89 Å². The standard InChI is InChI=1S/C9H8N2O3S/c12-9(13)8-11-10-7(14-8)4-3-6-2-1-5-15-6/h1-2,5H,3-4H2,(H,12,13). The number of aromatic carboxylic acids is 1. The Morgan fingerprint density at radius 2 is 2.33 bits per heavy atom. The zero-order valence-electron chi connectivity index (χ0n) is 7.71. The minimum absolute atomic E-state index is 0.351. The number of rotatable bonds is 4. The summed E-state index contributed by atoms with van der Waals surface area (Å²) in [4.78, 5) is 11.7. The highest BCUT2D eigenvalue weighted by Crippen LogP contribution is 2.12. The van der Waals surface area contributed by atoms with Crippen LogP contribution in [0.25, 0.3) is 0 Å². The number of hydrogen-bond donors (Lipinski definition) is 1. The minimum atomic E-state index is -1.19. The molecule has 0 aliphatic heterocycles. The monoisotopic (exact) mass is 224 g/mol. The summed E-state index contributed by atoms with van der Waals surface area (Å²) in [5.74, 6) is -1.18. The van der Waals surface area contributed by atoms with Crippen LogP contribution in [0.2, 0.25) is 0 Å². The molecule has 0 unspecified atom stereocenters. The summed E-state index contributed by atoms with van der Waals surface area (Å²) in [5, 5.41) is 17.6. The largest absolute Gasteiger partial charge is 0.474 e. The molecule has 0 atom stereocenters. The van der Waals surface area contributed by atoms with Crippen molar-refractivity contribution in [2.24, 2.45) is 0 Å². The van der Waals surface area contributed by atoms with E-state index in [9.17, 15) is 4.79 Å². The smallest absolute Gasteiger partial charge is 0.393 e. The normalized spacial score (nSPS) is 10.4. The van der Waals surface area contributed by atoms with Gasteiger partial charge in [-0.2, -0.15) is 0 Å². The van der Waals surface area contributed by atoms with Gasteiger partial charge < -0.3 is 9.52 Å². The molecule has 0 saturated carbocycles. The van der Waals surface area contributed by atoms with Crippen LogP contribution in [0.3, 0.4) is 0 Å². The summed E-state index contributed by atoms with van der Waals surface area (Å²) in [6.07, 6.45) is 1.36. The fourth-order valence-electron chi connectivity index (χ4n) is 1.13. The highest BCUT2D eigenvalue weighted by Gasteiger charge is 2.12. The summed E-state index contributed by atoms with van der Waals surface area (Å²) in [6.45, 7) is 0. The summed E-state index contributed by atoms with van der Waals surface area (Å²) < 4.78 is 4.93. The molecule has 0 saturated heterocycles. The molecule has 0 radical (unpaired) electrons. The van der Waals surface area contributed by atoms with Crippen molar-refractivity contribution in [3.05, 3.63) is 34.2 Å². The van der Waals surface area contributed by atoms with E-state index in [1.165, 1.54) is 4.88 Å². The Bertz CT molecular complexity index is 450. The van der Waals surface area contributed by atoms with E-state index in [1.54, 1.807) is 11.3 Å². The molecule has 2 aromatic rings. The second-order valence-electron chi connectivity index (χ2n) is 2.89. The van der Waals surface area contributed by atoms with Crippen LogP contribution in [0.1, 0.15) is 21.5 Å². The molecule has 0 fully saturated rings. The van der Waals surface area contributed by atoms with Crippen LogP contribution in [0.15, 0.2) is 21.9 Å². The molecule has 0 bridgehead atoms. The lowest BCUT2D eigenvalue weighted by Crippen LogP contribution is -1.95. The van der Waals surface area contributed by atoms with Gasteiger partial charge in [0.15, 0.2) is 0 Å². The van der Waals surface area contributed by atoms with Gasteiger partial charge in [-0.1, -0.05) is 6.07 Å². The number of thiophene rings is 1. The van der Waals surface area contributed by atoms with Crippen LogP contribution >= 0.6 is 11.3 Å². The Hall–Kier alpha value is -1.69. The van der Waals surface area contributed by atoms with E-state index >= 15 is 0 Å². The molecule has 0 aliphatic rings. The molecule has 2 rings (SSSR count). The Labute approximate surface area is 89.4 Å². The lowest BCUT2D eigenvalue weighted by Gasteiger charge is -1.91. The molecule has 0 amide bonds. The van der Waals surface area contributed by atoms with Gasteiger partial charge in [0.2, 0.25) is 5.89 Å². The van der Waals surface area contributed by atoms with Crippen molar-refractivity contribution in [3.8, 4) is 0 Å². The van der Waals surface area contributed by atoms with Gasteiger partial charge in [-0.3, -0.25) is 0 Å². The van der Waals surface area contributed by atoms with Gasteiger partial charge >= 0.3 is 11.9 Å². The van der Waals surface area contributed by atoms with Gasteiger partial charge in [0.25, 0.3) is 0 Å². The summed E-state index contributed by atoms with van der Waals surface area (Å²) in [6, 6.07) is 3.98. The zero-order valence-corrected chi connectivity index (χ0v) is 8.53. The number of nitrogens with zero attached hydrogens (tertiary/aromatic N) is 2. The average Bonchev–Trinajstić information content (AvgIpc) is 2.86. The first-order valence-electron chi connectivity index (χ1n) is 4.34. The first-order chi connectivity index (χ1) is 7.25. The fourth-order valence-corrected chi connectivity index (χ4v) is 1.83. The van der Waals surface area contributed by atoms with Crippen molar-refractivity contribution in [1.82, 2.24) is 10.2 Å². The Morgan fingerprint density at radius 1 is 1.47 bits per heavy atom. The Balaban J connectivity index is 1.96. The van der Waals surface area contributed by atoms with Crippen molar-refractivity contribution in [2.45, 2.75) is 12.8 Å². The van der Waals surface area contributed by atoms with E-state index in [0.29, 0.717) is 12.3 Å². The van der Waals surface area contributed by atoms with E-state index in [2.05, 4.69) is 10.2 Å². The molecule has 0 spiro atoms. The molecule has 5 nitrogen and oxygen atoms in total. The van der Waals surface area contributed by atoms with Gasteiger partial charge in [0.1, 0.15) is 0 Å². The first-order valence-corrected chi connectivity index (χ1v) is 5.22. The minimum Gasteiger partial charge on any atom is -0.474 e. The maximum Gasteiger partial charge on any atom is 0.393 e. The predicted octanol–water partition coefficient (Wildman–Crippen LogP) is 1.61. The number of aromatic nitrogens is 2. The van der Waals surface area contributed by atoms with Crippen LogP contribution in [0.4, 0.5) is 0 Å². The number of carboxylic acid groups (broad SMARTS) is 1. The number of carboxylic acids is 1. The van der Waals surface area contributed by atoms with Crippen molar-refractivity contribution < 1.29 is 14.3 Å². The third kappa shape index (κ3) is 2.41. The molecule has 0 aliphatic carbocycles. The summed E-state index contributed by atoms with van der Waals surface area (Å²) in [7, 11) is 0. The van der Waals surface area contributed by atoms with Gasteiger partial charge in [-0.25, -0.2) is 4.79 Å². The quantitative estimate of drug-likeness (QED) is 0.853. The van der Waals surface area contributed by atoms with Crippen LogP contribution in [0, 0.1) is 0 Å². The zero-order chi connectivity index (χ0) is 10.7. The average molecular weight is 224 g/mol. The highest BCUT2D eigenvalue weighted by atomic mass is 32.1.